The lowest BCUT2D eigenvalue weighted by molar-refractivity contribution is -0.118. The molecule has 0 aliphatic rings. The number of rotatable bonds is 5. The highest BCUT2D eigenvalue weighted by Crippen LogP contribution is 2.30. The average Bonchev–Trinajstić information content (AvgIpc) is 2.31. The molecule has 1 N–H and O–H groups in total. The van der Waals surface area contributed by atoms with Gasteiger partial charge in [0.2, 0.25) is 0 Å². The van der Waals surface area contributed by atoms with Crippen molar-refractivity contribution in [1.82, 2.24) is 0 Å². The Morgan fingerprint density at radius 1 is 1.00 bits per heavy atom. The van der Waals surface area contributed by atoms with Crippen LogP contribution in [0.3, 0.4) is 0 Å². The quantitative estimate of drug-likeness (QED) is 0.848. The van der Waals surface area contributed by atoms with Crippen molar-refractivity contribution in [2.24, 2.45) is 0 Å². The van der Waals surface area contributed by atoms with Crippen LogP contribution in [0.15, 0.2) is 4.90 Å². The van der Waals surface area contributed by atoms with E-state index in [0.717, 1.165) is 23.1 Å². The van der Waals surface area contributed by atoms with Crippen LogP contribution in [-0.4, -0.2) is 18.8 Å². The van der Waals surface area contributed by atoms with Crippen LogP contribution in [0.25, 0.3) is 0 Å². The molecule has 0 aliphatic carbocycles. The summed E-state index contributed by atoms with van der Waals surface area (Å²) < 4.78 is 32.6. The Morgan fingerprint density at radius 3 is 2.00 bits per heavy atom. The molecule has 20 heavy (non-hydrogen) atoms. The molecule has 0 spiro atoms. The number of Topliss-reactive ketones (excluding diaryl/α,β-unsaturated/α-hetero) is 1. The highest BCUT2D eigenvalue weighted by atomic mass is 32.2. The molecule has 0 aromatic heterocycles. The van der Waals surface area contributed by atoms with E-state index in [1.165, 1.54) is 0 Å². The fourth-order valence-corrected chi connectivity index (χ4v) is 3.64. The standard InChI is InChI=1S/C15H22O4S/c1-6-7-13(16)8-14-10(3)9(2)11(4)15(12(14)5)20(17,18)19/h6-8H2,1-5H3,(H,17,18,19). The predicted molar refractivity (Wildman–Crippen MR) is 78.8 cm³/mol. The molecule has 0 saturated heterocycles. The maximum Gasteiger partial charge on any atom is 0.295 e. The van der Waals surface area contributed by atoms with Gasteiger partial charge in [0.15, 0.2) is 0 Å². The van der Waals surface area contributed by atoms with E-state index in [-0.39, 0.29) is 17.1 Å². The molecule has 0 bridgehead atoms. The fourth-order valence-electron chi connectivity index (χ4n) is 2.59. The molecule has 0 heterocycles. The zero-order chi connectivity index (χ0) is 15.7. The molecule has 1 aromatic rings. The summed E-state index contributed by atoms with van der Waals surface area (Å²) in [5, 5.41) is 0. The van der Waals surface area contributed by atoms with Gasteiger partial charge in [-0.1, -0.05) is 6.92 Å². The van der Waals surface area contributed by atoms with Crippen molar-refractivity contribution in [3.8, 4) is 0 Å². The number of carbonyl (C=O) groups is 1. The van der Waals surface area contributed by atoms with Crippen LogP contribution in [0.4, 0.5) is 0 Å². The van der Waals surface area contributed by atoms with E-state index < -0.39 is 10.1 Å². The molecule has 0 amide bonds. The Balaban J connectivity index is 3.54. The molecule has 112 valence electrons. The second-order valence-electron chi connectivity index (χ2n) is 5.25. The average molecular weight is 298 g/mol. The van der Waals surface area contributed by atoms with E-state index in [2.05, 4.69) is 0 Å². The lowest BCUT2D eigenvalue weighted by Gasteiger charge is -2.18. The third-order valence-electron chi connectivity index (χ3n) is 3.87. The maximum absolute atomic E-state index is 11.9. The summed E-state index contributed by atoms with van der Waals surface area (Å²) in [6.07, 6.45) is 1.47. The van der Waals surface area contributed by atoms with Crippen molar-refractivity contribution >= 4 is 15.9 Å². The second-order valence-corrected chi connectivity index (χ2v) is 6.61. The van der Waals surface area contributed by atoms with E-state index in [1.54, 1.807) is 13.8 Å². The molecule has 1 rings (SSSR count). The number of hydrogen-bond donors (Lipinski definition) is 1. The van der Waals surface area contributed by atoms with Gasteiger partial charge in [0.25, 0.3) is 10.1 Å². The molecular weight excluding hydrogens is 276 g/mol. The molecule has 0 unspecified atom stereocenters. The van der Waals surface area contributed by atoms with Crippen molar-refractivity contribution in [2.75, 3.05) is 0 Å². The van der Waals surface area contributed by atoms with E-state index in [0.29, 0.717) is 17.5 Å². The smallest absolute Gasteiger partial charge is 0.295 e. The Bertz CT molecular complexity index is 643. The van der Waals surface area contributed by atoms with Gasteiger partial charge in [-0.05, 0) is 61.9 Å². The van der Waals surface area contributed by atoms with Gasteiger partial charge in [0.05, 0.1) is 0 Å². The first kappa shape index (κ1) is 16.9. The van der Waals surface area contributed by atoms with Gasteiger partial charge in [-0.25, -0.2) is 0 Å². The Morgan fingerprint density at radius 2 is 1.55 bits per heavy atom. The number of benzene rings is 1. The van der Waals surface area contributed by atoms with Gasteiger partial charge >= 0.3 is 0 Å². The first-order chi connectivity index (χ1) is 9.11. The second kappa shape index (κ2) is 6.06. The molecule has 0 saturated carbocycles. The summed E-state index contributed by atoms with van der Waals surface area (Å²) in [4.78, 5) is 11.8. The van der Waals surface area contributed by atoms with Crippen LogP contribution in [0.2, 0.25) is 0 Å². The number of ketones is 1. The number of carbonyl (C=O) groups excluding carboxylic acids is 1. The van der Waals surface area contributed by atoms with Gasteiger partial charge in [-0.2, -0.15) is 8.42 Å². The van der Waals surface area contributed by atoms with E-state index in [1.807, 2.05) is 20.8 Å². The lowest BCUT2D eigenvalue weighted by atomic mass is 9.90. The first-order valence-electron chi connectivity index (χ1n) is 6.69. The van der Waals surface area contributed by atoms with Crippen molar-refractivity contribution in [3.63, 3.8) is 0 Å². The minimum Gasteiger partial charge on any atom is -0.299 e. The van der Waals surface area contributed by atoms with Gasteiger partial charge in [-0.15, -0.1) is 0 Å². The molecule has 0 aliphatic heterocycles. The van der Waals surface area contributed by atoms with E-state index in [9.17, 15) is 17.8 Å². The molecule has 0 atom stereocenters. The van der Waals surface area contributed by atoms with Crippen LogP contribution < -0.4 is 0 Å². The fraction of sp³-hybridized carbons (Fsp3) is 0.533. The Kier molecular flexibility index (Phi) is 5.10. The van der Waals surface area contributed by atoms with Crippen molar-refractivity contribution in [1.29, 1.82) is 0 Å². The minimum absolute atomic E-state index is 0.0556. The van der Waals surface area contributed by atoms with Crippen molar-refractivity contribution < 1.29 is 17.8 Å². The Labute approximate surface area is 121 Å². The summed E-state index contributed by atoms with van der Waals surface area (Å²) in [6.45, 7) is 8.96. The van der Waals surface area contributed by atoms with Crippen LogP contribution in [0, 0.1) is 27.7 Å². The van der Waals surface area contributed by atoms with Gasteiger partial charge in [-0.3, -0.25) is 9.35 Å². The lowest BCUT2D eigenvalue weighted by Crippen LogP contribution is -2.13. The van der Waals surface area contributed by atoms with Crippen molar-refractivity contribution in [2.45, 2.75) is 58.8 Å². The van der Waals surface area contributed by atoms with Crippen LogP contribution >= 0.6 is 0 Å². The minimum atomic E-state index is -4.29. The summed E-state index contributed by atoms with van der Waals surface area (Å²) in [7, 11) is -4.29. The first-order valence-corrected chi connectivity index (χ1v) is 8.13. The van der Waals surface area contributed by atoms with E-state index in [4.69, 9.17) is 0 Å². The molecular formula is C15H22O4S. The summed E-state index contributed by atoms with van der Waals surface area (Å²) >= 11 is 0. The van der Waals surface area contributed by atoms with Crippen LogP contribution in [0.5, 0.6) is 0 Å². The third kappa shape index (κ3) is 3.27. The van der Waals surface area contributed by atoms with Gasteiger partial charge < -0.3 is 0 Å². The molecule has 5 heteroatoms. The van der Waals surface area contributed by atoms with Crippen molar-refractivity contribution in [3.05, 3.63) is 27.8 Å². The third-order valence-corrected chi connectivity index (χ3v) is 5.00. The molecule has 0 radical (unpaired) electrons. The summed E-state index contributed by atoms with van der Waals surface area (Å²) in [5.74, 6) is 0.0863. The van der Waals surface area contributed by atoms with Crippen LogP contribution in [0.1, 0.15) is 47.6 Å². The highest BCUT2D eigenvalue weighted by Gasteiger charge is 2.23. The topological polar surface area (TPSA) is 71.4 Å². The largest absolute Gasteiger partial charge is 0.299 e. The van der Waals surface area contributed by atoms with Gasteiger partial charge in [0.1, 0.15) is 10.7 Å². The zero-order valence-corrected chi connectivity index (χ0v) is 13.5. The Hall–Kier alpha value is -1.20. The highest BCUT2D eigenvalue weighted by molar-refractivity contribution is 7.86. The predicted octanol–water partition coefficient (Wildman–Crippen LogP) is 3.08. The van der Waals surface area contributed by atoms with E-state index >= 15 is 0 Å². The summed E-state index contributed by atoms with van der Waals surface area (Å²) in [6, 6.07) is 0. The molecule has 0 fully saturated rings. The summed E-state index contributed by atoms with van der Waals surface area (Å²) in [5.41, 5.74) is 3.49. The molecule has 4 nitrogen and oxygen atoms in total. The van der Waals surface area contributed by atoms with Crippen LogP contribution in [-0.2, 0) is 21.3 Å². The normalized spacial score (nSPS) is 11.7. The van der Waals surface area contributed by atoms with Gasteiger partial charge in [0, 0.05) is 12.8 Å². The monoisotopic (exact) mass is 298 g/mol. The SMILES string of the molecule is CCCC(=O)Cc1c(C)c(C)c(C)c(S(=O)(=O)O)c1C. The molecule has 1 aromatic carbocycles. The number of hydrogen-bond acceptors (Lipinski definition) is 3. The zero-order valence-electron chi connectivity index (χ0n) is 12.7. The maximum atomic E-state index is 11.9.